The third-order valence-corrected chi connectivity index (χ3v) is 4.09. The third kappa shape index (κ3) is 5.14. The van der Waals surface area contributed by atoms with E-state index in [0.29, 0.717) is 18.3 Å². The fourth-order valence-corrected chi connectivity index (χ4v) is 2.75. The Balaban J connectivity index is 0.00000280. The van der Waals surface area contributed by atoms with Crippen molar-refractivity contribution in [3.8, 4) is 11.3 Å². The van der Waals surface area contributed by atoms with Crippen LogP contribution in [0.15, 0.2) is 30.6 Å². The summed E-state index contributed by atoms with van der Waals surface area (Å²) in [7, 11) is 0. The molecule has 0 saturated carbocycles. The number of nitrogens with one attached hydrogen (secondary N) is 2. The Labute approximate surface area is 163 Å². The predicted octanol–water partition coefficient (Wildman–Crippen LogP) is 3.04. The van der Waals surface area contributed by atoms with Crippen LogP contribution in [0.2, 0.25) is 0 Å². The molecule has 2 atom stereocenters. The van der Waals surface area contributed by atoms with Gasteiger partial charge in [0.25, 0.3) is 0 Å². The molecule has 1 saturated heterocycles. The van der Waals surface area contributed by atoms with Crippen molar-refractivity contribution in [2.24, 2.45) is 0 Å². The number of aromatic nitrogens is 2. The molecule has 1 fully saturated rings. The van der Waals surface area contributed by atoms with Crippen molar-refractivity contribution < 1.29 is 26.7 Å². The van der Waals surface area contributed by atoms with Crippen LogP contribution in [0.1, 0.15) is 17.7 Å². The molecule has 0 unspecified atom stereocenters. The first-order chi connectivity index (χ1) is 12.7. The van der Waals surface area contributed by atoms with E-state index in [-0.39, 0.29) is 36.6 Å². The van der Waals surface area contributed by atoms with Crippen LogP contribution in [0.4, 0.5) is 22.0 Å². The van der Waals surface area contributed by atoms with E-state index in [1.54, 1.807) is 0 Å². The summed E-state index contributed by atoms with van der Waals surface area (Å²) in [6, 6.07) is 2.78. The summed E-state index contributed by atoms with van der Waals surface area (Å²) in [5.74, 6) is -1.19. The molecule has 0 radical (unpaired) electrons. The Kier molecular flexibility index (Phi) is 6.89. The molecular formula is C17H16ClF5N4O. The van der Waals surface area contributed by atoms with E-state index >= 15 is 0 Å². The van der Waals surface area contributed by atoms with E-state index in [2.05, 4.69) is 20.6 Å². The van der Waals surface area contributed by atoms with Gasteiger partial charge in [0, 0.05) is 12.1 Å². The fraction of sp³-hybridized carbons (Fsp3) is 0.353. The minimum Gasteiger partial charge on any atom is -0.351 e. The summed E-state index contributed by atoms with van der Waals surface area (Å²) in [5, 5.41) is 5.25. The maximum absolute atomic E-state index is 13.9. The standard InChI is InChI=1S/C17H15F5N4O.ClH/c18-11-4-9(6-26-16(27)15-12(19)1-2-23-15)3-10(5-11)13-7-25-14(8-24-13)17(20,21)22;/h3-5,7-8,12,15,23H,1-2,6H2,(H,26,27);1H/t12-,15-;/m0./s1. The molecule has 1 amide bonds. The zero-order valence-electron chi connectivity index (χ0n) is 14.3. The predicted molar refractivity (Wildman–Crippen MR) is 92.8 cm³/mol. The monoisotopic (exact) mass is 422 g/mol. The van der Waals surface area contributed by atoms with Crippen LogP contribution in [-0.4, -0.2) is 34.6 Å². The molecule has 0 aliphatic carbocycles. The van der Waals surface area contributed by atoms with Gasteiger partial charge in [0.15, 0.2) is 5.69 Å². The number of hydrogen-bond donors (Lipinski definition) is 2. The molecule has 152 valence electrons. The number of carbonyl (C=O) groups is 1. The van der Waals surface area contributed by atoms with Gasteiger partial charge in [-0.05, 0) is 36.7 Å². The maximum Gasteiger partial charge on any atom is 0.434 e. The highest BCUT2D eigenvalue weighted by molar-refractivity contribution is 5.85. The number of amides is 1. The topological polar surface area (TPSA) is 66.9 Å². The van der Waals surface area contributed by atoms with Gasteiger partial charge < -0.3 is 10.6 Å². The highest BCUT2D eigenvalue weighted by Gasteiger charge is 2.33. The van der Waals surface area contributed by atoms with Gasteiger partial charge in [-0.25, -0.2) is 13.8 Å². The van der Waals surface area contributed by atoms with E-state index in [1.165, 1.54) is 6.07 Å². The Morgan fingerprint density at radius 3 is 2.54 bits per heavy atom. The van der Waals surface area contributed by atoms with Crippen molar-refractivity contribution in [3.63, 3.8) is 0 Å². The molecule has 11 heteroatoms. The van der Waals surface area contributed by atoms with Crippen molar-refractivity contribution in [2.75, 3.05) is 6.54 Å². The molecule has 0 bridgehead atoms. The zero-order chi connectivity index (χ0) is 19.6. The number of hydrogen-bond acceptors (Lipinski definition) is 4. The average molecular weight is 423 g/mol. The van der Waals surface area contributed by atoms with Crippen LogP contribution in [-0.2, 0) is 17.5 Å². The summed E-state index contributed by atoms with van der Waals surface area (Å²) in [6.45, 7) is 0.332. The van der Waals surface area contributed by atoms with E-state index < -0.39 is 35.8 Å². The van der Waals surface area contributed by atoms with Crippen LogP contribution in [0.25, 0.3) is 11.3 Å². The minimum atomic E-state index is -4.62. The molecule has 0 spiro atoms. The molecule has 1 aromatic carbocycles. The Hall–Kier alpha value is -2.33. The number of rotatable bonds is 4. The molecule has 1 aliphatic rings. The van der Waals surface area contributed by atoms with E-state index in [4.69, 9.17) is 0 Å². The number of carbonyl (C=O) groups excluding carboxylic acids is 1. The molecule has 1 aliphatic heterocycles. The lowest BCUT2D eigenvalue weighted by molar-refractivity contribution is -0.141. The van der Waals surface area contributed by atoms with Gasteiger partial charge in [-0.3, -0.25) is 9.78 Å². The maximum atomic E-state index is 13.9. The lowest BCUT2D eigenvalue weighted by atomic mass is 10.1. The number of halogens is 6. The second kappa shape index (κ2) is 8.78. The summed E-state index contributed by atoms with van der Waals surface area (Å²) in [4.78, 5) is 18.9. The SMILES string of the molecule is Cl.O=C(NCc1cc(F)cc(-c2cnc(C(F)(F)F)cn2)c1)[C@H]1NCC[C@@H]1F. The lowest BCUT2D eigenvalue weighted by Crippen LogP contribution is -2.44. The molecule has 2 N–H and O–H groups in total. The van der Waals surface area contributed by atoms with Gasteiger partial charge in [-0.1, -0.05) is 0 Å². The lowest BCUT2D eigenvalue weighted by Gasteiger charge is -2.14. The average Bonchev–Trinajstić information content (AvgIpc) is 3.05. The van der Waals surface area contributed by atoms with Crippen molar-refractivity contribution in [3.05, 3.63) is 47.7 Å². The van der Waals surface area contributed by atoms with Gasteiger partial charge in [0.1, 0.15) is 18.0 Å². The van der Waals surface area contributed by atoms with E-state index in [1.807, 2.05) is 0 Å². The summed E-state index contributed by atoms with van der Waals surface area (Å²) < 4.78 is 65.0. The van der Waals surface area contributed by atoms with Gasteiger partial charge >= 0.3 is 6.18 Å². The van der Waals surface area contributed by atoms with Crippen molar-refractivity contribution in [1.29, 1.82) is 0 Å². The number of alkyl halides is 4. The Morgan fingerprint density at radius 2 is 1.96 bits per heavy atom. The minimum absolute atomic E-state index is 0. The second-order valence-corrected chi connectivity index (χ2v) is 6.09. The first-order valence-electron chi connectivity index (χ1n) is 8.08. The van der Waals surface area contributed by atoms with Gasteiger partial charge in [0.2, 0.25) is 5.91 Å². The zero-order valence-corrected chi connectivity index (χ0v) is 15.1. The van der Waals surface area contributed by atoms with Gasteiger partial charge in [0.05, 0.1) is 18.1 Å². The quantitative estimate of drug-likeness (QED) is 0.743. The Morgan fingerprint density at radius 1 is 1.21 bits per heavy atom. The molecule has 2 aromatic rings. The molecule has 28 heavy (non-hydrogen) atoms. The largest absolute Gasteiger partial charge is 0.434 e. The van der Waals surface area contributed by atoms with Crippen LogP contribution in [0.5, 0.6) is 0 Å². The van der Waals surface area contributed by atoms with Crippen molar-refractivity contribution >= 4 is 18.3 Å². The van der Waals surface area contributed by atoms with Crippen LogP contribution in [0, 0.1) is 5.82 Å². The Bertz CT molecular complexity index is 831. The van der Waals surface area contributed by atoms with Crippen LogP contribution < -0.4 is 10.6 Å². The van der Waals surface area contributed by atoms with Gasteiger partial charge in [-0.15, -0.1) is 12.4 Å². The summed E-state index contributed by atoms with van der Waals surface area (Å²) in [5.41, 5.74) is -0.535. The van der Waals surface area contributed by atoms with Crippen molar-refractivity contribution in [2.45, 2.75) is 31.4 Å². The smallest absolute Gasteiger partial charge is 0.351 e. The normalized spacial score (nSPS) is 19.2. The first-order valence-corrected chi connectivity index (χ1v) is 8.08. The van der Waals surface area contributed by atoms with E-state index in [9.17, 15) is 26.7 Å². The highest BCUT2D eigenvalue weighted by Crippen LogP contribution is 2.28. The molecule has 3 rings (SSSR count). The van der Waals surface area contributed by atoms with Crippen LogP contribution >= 0.6 is 12.4 Å². The summed E-state index contributed by atoms with van der Waals surface area (Å²) >= 11 is 0. The highest BCUT2D eigenvalue weighted by atomic mass is 35.5. The first kappa shape index (κ1) is 22.0. The molecule has 5 nitrogen and oxygen atoms in total. The molecule has 1 aromatic heterocycles. The van der Waals surface area contributed by atoms with Gasteiger partial charge in [-0.2, -0.15) is 13.2 Å². The summed E-state index contributed by atoms with van der Waals surface area (Å²) in [6.07, 6.45) is -4.19. The molecule has 2 heterocycles. The second-order valence-electron chi connectivity index (χ2n) is 6.09. The number of benzene rings is 1. The third-order valence-electron chi connectivity index (χ3n) is 4.09. The number of nitrogens with zero attached hydrogens (tertiary/aromatic N) is 2. The fourth-order valence-electron chi connectivity index (χ4n) is 2.75. The molecular weight excluding hydrogens is 407 g/mol. The van der Waals surface area contributed by atoms with E-state index in [0.717, 1.165) is 18.3 Å². The van der Waals surface area contributed by atoms with Crippen LogP contribution in [0.3, 0.4) is 0 Å². The van der Waals surface area contributed by atoms with Crippen molar-refractivity contribution in [1.82, 2.24) is 20.6 Å².